The SMILES string of the molecule is CCCNC(CC1CCOC1)c1cccc(Cl)c1. The molecule has 2 nitrogen and oxygen atoms in total. The van der Waals surface area contributed by atoms with E-state index in [9.17, 15) is 0 Å². The van der Waals surface area contributed by atoms with E-state index in [0.717, 1.165) is 37.6 Å². The second kappa shape index (κ2) is 7.13. The summed E-state index contributed by atoms with van der Waals surface area (Å²) in [6.45, 7) is 5.07. The van der Waals surface area contributed by atoms with Crippen molar-refractivity contribution in [2.75, 3.05) is 19.8 Å². The van der Waals surface area contributed by atoms with Gasteiger partial charge in [-0.3, -0.25) is 0 Å². The Morgan fingerprint density at radius 2 is 2.39 bits per heavy atom. The predicted molar refractivity (Wildman–Crippen MR) is 76.0 cm³/mol. The lowest BCUT2D eigenvalue weighted by Crippen LogP contribution is -2.24. The van der Waals surface area contributed by atoms with E-state index in [2.05, 4.69) is 24.4 Å². The quantitative estimate of drug-likeness (QED) is 0.846. The Kier molecular flexibility index (Phi) is 5.48. The number of hydrogen-bond donors (Lipinski definition) is 1. The van der Waals surface area contributed by atoms with Crippen molar-refractivity contribution in [1.82, 2.24) is 5.32 Å². The Labute approximate surface area is 115 Å². The van der Waals surface area contributed by atoms with Crippen molar-refractivity contribution in [3.05, 3.63) is 34.9 Å². The zero-order chi connectivity index (χ0) is 12.8. The topological polar surface area (TPSA) is 21.3 Å². The number of ether oxygens (including phenoxy) is 1. The monoisotopic (exact) mass is 267 g/mol. The molecular weight excluding hydrogens is 246 g/mol. The van der Waals surface area contributed by atoms with Gasteiger partial charge >= 0.3 is 0 Å². The molecule has 1 N–H and O–H groups in total. The Bertz CT molecular complexity index is 363. The summed E-state index contributed by atoms with van der Waals surface area (Å²) in [6, 6.07) is 8.60. The van der Waals surface area contributed by atoms with Crippen molar-refractivity contribution in [3.63, 3.8) is 0 Å². The van der Waals surface area contributed by atoms with Crippen LogP contribution in [0.15, 0.2) is 24.3 Å². The van der Waals surface area contributed by atoms with Gasteiger partial charge in [0.15, 0.2) is 0 Å². The molecule has 18 heavy (non-hydrogen) atoms. The number of nitrogens with one attached hydrogen (secondary N) is 1. The smallest absolute Gasteiger partial charge is 0.0495 e. The normalized spacial score (nSPS) is 21.1. The second-order valence-electron chi connectivity index (χ2n) is 5.03. The van der Waals surface area contributed by atoms with Gasteiger partial charge in [0.2, 0.25) is 0 Å². The molecule has 100 valence electrons. The highest BCUT2D eigenvalue weighted by Gasteiger charge is 2.21. The molecule has 1 fully saturated rings. The van der Waals surface area contributed by atoms with E-state index in [0.29, 0.717) is 12.0 Å². The first-order valence-electron chi connectivity index (χ1n) is 6.86. The highest BCUT2D eigenvalue weighted by molar-refractivity contribution is 6.30. The van der Waals surface area contributed by atoms with Gasteiger partial charge in [-0.15, -0.1) is 0 Å². The molecule has 1 aromatic carbocycles. The standard InChI is InChI=1S/C15H22ClNO/c1-2-7-17-15(9-12-6-8-18-11-12)13-4-3-5-14(16)10-13/h3-5,10,12,15,17H,2,6-9,11H2,1H3. The number of benzene rings is 1. The van der Waals surface area contributed by atoms with Crippen LogP contribution in [-0.2, 0) is 4.74 Å². The minimum Gasteiger partial charge on any atom is -0.381 e. The van der Waals surface area contributed by atoms with Crippen LogP contribution in [0.4, 0.5) is 0 Å². The average molecular weight is 268 g/mol. The molecule has 1 aliphatic rings. The molecule has 1 heterocycles. The van der Waals surface area contributed by atoms with Gasteiger partial charge in [0.05, 0.1) is 0 Å². The highest BCUT2D eigenvalue weighted by Crippen LogP contribution is 2.27. The van der Waals surface area contributed by atoms with Gasteiger partial charge < -0.3 is 10.1 Å². The van der Waals surface area contributed by atoms with Crippen molar-refractivity contribution in [1.29, 1.82) is 0 Å². The fraction of sp³-hybridized carbons (Fsp3) is 0.600. The van der Waals surface area contributed by atoms with Crippen LogP contribution in [0.3, 0.4) is 0 Å². The van der Waals surface area contributed by atoms with E-state index >= 15 is 0 Å². The van der Waals surface area contributed by atoms with E-state index in [1.54, 1.807) is 0 Å². The molecule has 3 heteroatoms. The van der Waals surface area contributed by atoms with E-state index in [4.69, 9.17) is 16.3 Å². The summed E-state index contributed by atoms with van der Waals surface area (Å²) in [5, 5.41) is 4.44. The zero-order valence-electron chi connectivity index (χ0n) is 11.0. The first-order valence-corrected chi connectivity index (χ1v) is 7.24. The third-order valence-electron chi connectivity index (χ3n) is 3.48. The summed E-state index contributed by atoms with van der Waals surface area (Å²) in [5.41, 5.74) is 1.29. The molecule has 2 atom stereocenters. The van der Waals surface area contributed by atoms with Crippen LogP contribution in [0.25, 0.3) is 0 Å². The summed E-state index contributed by atoms with van der Waals surface area (Å²) in [6.07, 6.45) is 3.48. The average Bonchev–Trinajstić information content (AvgIpc) is 2.87. The van der Waals surface area contributed by atoms with Crippen LogP contribution in [0.1, 0.15) is 37.8 Å². The van der Waals surface area contributed by atoms with Crippen LogP contribution in [0.2, 0.25) is 5.02 Å². The third-order valence-corrected chi connectivity index (χ3v) is 3.72. The molecule has 0 amide bonds. The minimum absolute atomic E-state index is 0.398. The summed E-state index contributed by atoms with van der Waals surface area (Å²) in [5.74, 6) is 0.679. The first kappa shape index (κ1) is 13.9. The van der Waals surface area contributed by atoms with Crippen LogP contribution in [-0.4, -0.2) is 19.8 Å². The van der Waals surface area contributed by atoms with Crippen LogP contribution in [0.5, 0.6) is 0 Å². The van der Waals surface area contributed by atoms with Gasteiger partial charge in [0.1, 0.15) is 0 Å². The summed E-state index contributed by atoms with van der Waals surface area (Å²) in [7, 11) is 0. The van der Waals surface area contributed by atoms with E-state index in [1.165, 1.54) is 12.0 Å². The third kappa shape index (κ3) is 3.98. The minimum atomic E-state index is 0.398. The van der Waals surface area contributed by atoms with Crippen molar-refractivity contribution >= 4 is 11.6 Å². The van der Waals surface area contributed by atoms with Gasteiger partial charge in [0.25, 0.3) is 0 Å². The Hall–Kier alpha value is -0.570. The van der Waals surface area contributed by atoms with Crippen molar-refractivity contribution in [2.45, 2.75) is 32.2 Å². The second-order valence-corrected chi connectivity index (χ2v) is 5.46. The number of hydrogen-bond acceptors (Lipinski definition) is 2. The van der Waals surface area contributed by atoms with Crippen LogP contribution < -0.4 is 5.32 Å². The first-order chi connectivity index (χ1) is 8.79. The number of rotatable bonds is 6. The molecule has 1 aliphatic heterocycles. The predicted octanol–water partition coefficient (Wildman–Crippen LogP) is 3.81. The van der Waals surface area contributed by atoms with E-state index < -0.39 is 0 Å². The maximum Gasteiger partial charge on any atom is 0.0495 e. The molecule has 0 bridgehead atoms. The highest BCUT2D eigenvalue weighted by atomic mass is 35.5. The molecule has 0 aromatic heterocycles. The molecule has 0 aliphatic carbocycles. The lowest BCUT2D eigenvalue weighted by molar-refractivity contribution is 0.181. The van der Waals surface area contributed by atoms with Gasteiger partial charge in [-0.05, 0) is 49.4 Å². The molecule has 0 spiro atoms. The fourth-order valence-electron chi connectivity index (χ4n) is 2.48. The van der Waals surface area contributed by atoms with Crippen molar-refractivity contribution in [3.8, 4) is 0 Å². The molecule has 0 radical (unpaired) electrons. The molecule has 2 rings (SSSR count). The summed E-state index contributed by atoms with van der Waals surface area (Å²) in [4.78, 5) is 0. The largest absolute Gasteiger partial charge is 0.381 e. The molecule has 0 saturated carbocycles. The molecule has 1 aromatic rings. The molecule has 1 saturated heterocycles. The van der Waals surface area contributed by atoms with E-state index in [1.807, 2.05) is 12.1 Å². The zero-order valence-corrected chi connectivity index (χ0v) is 11.7. The molecular formula is C15H22ClNO. The van der Waals surface area contributed by atoms with Gasteiger partial charge in [0, 0.05) is 24.3 Å². The van der Waals surface area contributed by atoms with Crippen LogP contribution >= 0.6 is 11.6 Å². The van der Waals surface area contributed by atoms with Gasteiger partial charge in [-0.2, -0.15) is 0 Å². The fourth-order valence-corrected chi connectivity index (χ4v) is 2.68. The van der Waals surface area contributed by atoms with Crippen LogP contribution in [0, 0.1) is 5.92 Å². The summed E-state index contributed by atoms with van der Waals surface area (Å²) < 4.78 is 5.47. The maximum absolute atomic E-state index is 6.09. The lowest BCUT2D eigenvalue weighted by Gasteiger charge is -2.22. The maximum atomic E-state index is 6.09. The van der Waals surface area contributed by atoms with E-state index in [-0.39, 0.29) is 0 Å². The van der Waals surface area contributed by atoms with Crippen molar-refractivity contribution in [2.24, 2.45) is 5.92 Å². The lowest BCUT2D eigenvalue weighted by atomic mass is 9.94. The summed E-state index contributed by atoms with van der Waals surface area (Å²) >= 11 is 6.09. The Balaban J connectivity index is 2.03. The Morgan fingerprint density at radius 1 is 1.50 bits per heavy atom. The molecule has 2 unspecified atom stereocenters. The van der Waals surface area contributed by atoms with Gasteiger partial charge in [-0.25, -0.2) is 0 Å². The Morgan fingerprint density at radius 3 is 3.06 bits per heavy atom. The number of halogens is 1. The van der Waals surface area contributed by atoms with Crippen molar-refractivity contribution < 1.29 is 4.74 Å². The van der Waals surface area contributed by atoms with Gasteiger partial charge in [-0.1, -0.05) is 30.7 Å².